The Hall–Kier alpha value is -2.30. The summed E-state index contributed by atoms with van der Waals surface area (Å²) in [5.74, 6) is -0.0604. The van der Waals surface area contributed by atoms with Crippen LogP contribution in [0, 0.1) is 0 Å². The molecule has 0 fully saturated rings. The Labute approximate surface area is 119 Å². The van der Waals surface area contributed by atoms with E-state index < -0.39 is 0 Å². The number of carbonyl (C=O) groups excluding carboxylic acids is 1. The molecule has 0 spiro atoms. The van der Waals surface area contributed by atoms with Crippen molar-refractivity contribution in [2.24, 2.45) is 0 Å². The lowest BCUT2D eigenvalue weighted by atomic mass is 10.0. The van der Waals surface area contributed by atoms with Crippen LogP contribution in [0.2, 0.25) is 0 Å². The molecule has 2 aromatic rings. The number of benzene rings is 1. The number of hydrogen-bond donors (Lipinski definition) is 2. The highest BCUT2D eigenvalue weighted by Gasteiger charge is 2.10. The Kier molecular flexibility index (Phi) is 4.76. The molecular weight excluding hydrogens is 252 g/mol. The van der Waals surface area contributed by atoms with E-state index in [-0.39, 0.29) is 18.5 Å². The second-order valence-corrected chi connectivity index (χ2v) is 4.62. The molecule has 20 heavy (non-hydrogen) atoms. The van der Waals surface area contributed by atoms with Gasteiger partial charge in [-0.05, 0) is 12.0 Å². The largest absolute Gasteiger partial charge is 0.376 e. The number of carbonyl (C=O) groups is 1. The first kappa shape index (κ1) is 14.1. The van der Waals surface area contributed by atoms with Crippen molar-refractivity contribution in [2.75, 3.05) is 12.4 Å². The van der Waals surface area contributed by atoms with Crippen molar-refractivity contribution in [1.82, 2.24) is 15.1 Å². The van der Waals surface area contributed by atoms with Gasteiger partial charge in [0.2, 0.25) is 5.91 Å². The van der Waals surface area contributed by atoms with Crippen LogP contribution in [0.4, 0.5) is 5.69 Å². The van der Waals surface area contributed by atoms with Gasteiger partial charge in [-0.1, -0.05) is 37.3 Å². The van der Waals surface area contributed by atoms with Crippen molar-refractivity contribution < 1.29 is 4.79 Å². The summed E-state index contributed by atoms with van der Waals surface area (Å²) in [5, 5.41) is 10.2. The second-order valence-electron chi connectivity index (χ2n) is 4.62. The van der Waals surface area contributed by atoms with Gasteiger partial charge in [0.15, 0.2) is 0 Å². The number of aromatic nitrogens is 2. The van der Waals surface area contributed by atoms with Crippen LogP contribution in [0.15, 0.2) is 42.7 Å². The topological polar surface area (TPSA) is 59.0 Å². The average molecular weight is 272 g/mol. The fourth-order valence-electron chi connectivity index (χ4n) is 2.06. The Morgan fingerprint density at radius 1 is 1.35 bits per heavy atom. The molecule has 0 radical (unpaired) electrons. The van der Waals surface area contributed by atoms with Crippen LogP contribution in [0.25, 0.3) is 0 Å². The third-order valence-electron chi connectivity index (χ3n) is 3.17. The van der Waals surface area contributed by atoms with Gasteiger partial charge in [0.25, 0.3) is 0 Å². The normalized spacial score (nSPS) is 11.9. The summed E-state index contributed by atoms with van der Waals surface area (Å²) in [5.41, 5.74) is 2.17. The molecule has 2 rings (SSSR count). The van der Waals surface area contributed by atoms with E-state index in [0.29, 0.717) is 0 Å². The molecule has 106 valence electrons. The molecule has 0 aliphatic rings. The molecule has 5 heteroatoms. The maximum atomic E-state index is 11.3. The molecule has 5 nitrogen and oxygen atoms in total. The summed E-state index contributed by atoms with van der Waals surface area (Å²) in [4.78, 5) is 11.3. The molecule has 0 saturated carbocycles. The highest BCUT2D eigenvalue weighted by atomic mass is 16.1. The molecular formula is C15H20N4O. The van der Waals surface area contributed by atoms with Gasteiger partial charge in [0.05, 0.1) is 17.9 Å². The fraction of sp³-hybridized carbons (Fsp3) is 0.333. The van der Waals surface area contributed by atoms with E-state index in [1.165, 1.54) is 5.56 Å². The molecule has 1 atom stereocenters. The van der Waals surface area contributed by atoms with E-state index in [1.54, 1.807) is 17.9 Å². The van der Waals surface area contributed by atoms with Gasteiger partial charge in [0.1, 0.15) is 6.54 Å². The number of rotatable bonds is 6. The van der Waals surface area contributed by atoms with Crippen LogP contribution in [-0.2, 0) is 11.3 Å². The van der Waals surface area contributed by atoms with Crippen molar-refractivity contribution in [2.45, 2.75) is 25.9 Å². The van der Waals surface area contributed by atoms with Gasteiger partial charge < -0.3 is 10.6 Å². The van der Waals surface area contributed by atoms with Crippen molar-refractivity contribution in [1.29, 1.82) is 0 Å². The number of nitrogens with zero attached hydrogens (tertiary/aromatic N) is 2. The first-order valence-electron chi connectivity index (χ1n) is 6.77. The van der Waals surface area contributed by atoms with Crippen LogP contribution < -0.4 is 10.6 Å². The lowest BCUT2D eigenvalue weighted by molar-refractivity contribution is -0.121. The minimum absolute atomic E-state index is 0.0604. The average Bonchev–Trinajstić information content (AvgIpc) is 2.92. The number of anilines is 1. The van der Waals surface area contributed by atoms with Crippen LogP contribution >= 0.6 is 0 Å². The summed E-state index contributed by atoms with van der Waals surface area (Å²) >= 11 is 0. The van der Waals surface area contributed by atoms with Crippen LogP contribution in [0.1, 0.15) is 24.9 Å². The lowest BCUT2D eigenvalue weighted by Crippen LogP contribution is -2.23. The minimum Gasteiger partial charge on any atom is -0.376 e. The molecule has 1 heterocycles. The first-order valence-corrected chi connectivity index (χ1v) is 6.77. The van der Waals surface area contributed by atoms with Crippen LogP contribution in [-0.4, -0.2) is 22.7 Å². The predicted octanol–water partition coefficient (Wildman–Crippen LogP) is 2.19. The quantitative estimate of drug-likeness (QED) is 0.847. The Balaban J connectivity index is 2.03. The van der Waals surface area contributed by atoms with Gasteiger partial charge in [-0.15, -0.1) is 0 Å². The third-order valence-corrected chi connectivity index (χ3v) is 3.17. The number of likely N-dealkylation sites (N-methyl/N-ethyl adjacent to an activating group) is 1. The fourth-order valence-corrected chi connectivity index (χ4v) is 2.06. The van der Waals surface area contributed by atoms with Crippen molar-refractivity contribution in [3.05, 3.63) is 48.3 Å². The van der Waals surface area contributed by atoms with Gasteiger partial charge >= 0.3 is 0 Å². The van der Waals surface area contributed by atoms with Crippen molar-refractivity contribution >= 4 is 11.6 Å². The second kappa shape index (κ2) is 6.75. The van der Waals surface area contributed by atoms with Crippen molar-refractivity contribution in [3.63, 3.8) is 0 Å². The third kappa shape index (κ3) is 3.60. The van der Waals surface area contributed by atoms with Gasteiger partial charge in [0, 0.05) is 13.2 Å². The molecule has 1 aromatic heterocycles. The Morgan fingerprint density at radius 2 is 2.10 bits per heavy atom. The molecule has 1 unspecified atom stereocenters. The molecule has 0 aliphatic heterocycles. The van der Waals surface area contributed by atoms with Crippen molar-refractivity contribution in [3.8, 4) is 0 Å². The summed E-state index contributed by atoms with van der Waals surface area (Å²) in [7, 11) is 1.62. The van der Waals surface area contributed by atoms with E-state index in [1.807, 2.05) is 24.4 Å². The molecule has 0 saturated heterocycles. The maximum Gasteiger partial charge on any atom is 0.241 e. The summed E-state index contributed by atoms with van der Waals surface area (Å²) in [6, 6.07) is 10.5. The summed E-state index contributed by atoms with van der Waals surface area (Å²) < 4.78 is 1.62. The zero-order valence-electron chi connectivity index (χ0n) is 11.8. The molecule has 1 amide bonds. The number of amides is 1. The van der Waals surface area contributed by atoms with Crippen LogP contribution in [0.5, 0.6) is 0 Å². The zero-order chi connectivity index (χ0) is 14.4. The first-order chi connectivity index (χ1) is 9.72. The SMILES string of the molecule is CCC(Nc1cnn(CC(=O)NC)c1)c1ccccc1. The van der Waals surface area contributed by atoms with E-state index >= 15 is 0 Å². The number of nitrogens with one attached hydrogen (secondary N) is 2. The van der Waals surface area contributed by atoms with E-state index in [0.717, 1.165) is 12.1 Å². The molecule has 1 aromatic carbocycles. The molecule has 2 N–H and O–H groups in total. The number of hydrogen-bond acceptors (Lipinski definition) is 3. The zero-order valence-corrected chi connectivity index (χ0v) is 11.8. The lowest BCUT2D eigenvalue weighted by Gasteiger charge is -2.17. The molecule has 0 aliphatic carbocycles. The standard InChI is InChI=1S/C15H20N4O/c1-3-14(12-7-5-4-6-8-12)18-13-9-17-19(10-13)11-15(20)16-2/h4-10,14,18H,3,11H2,1-2H3,(H,16,20). The summed E-state index contributed by atoms with van der Waals surface area (Å²) in [6.45, 7) is 2.37. The highest BCUT2D eigenvalue weighted by molar-refractivity contribution is 5.75. The van der Waals surface area contributed by atoms with E-state index in [2.05, 4.69) is 34.8 Å². The van der Waals surface area contributed by atoms with E-state index in [4.69, 9.17) is 0 Å². The predicted molar refractivity (Wildman–Crippen MR) is 79.4 cm³/mol. The Morgan fingerprint density at radius 3 is 2.75 bits per heavy atom. The molecule has 0 bridgehead atoms. The van der Waals surface area contributed by atoms with Gasteiger partial charge in [-0.2, -0.15) is 5.10 Å². The minimum atomic E-state index is -0.0604. The summed E-state index contributed by atoms with van der Waals surface area (Å²) in [6.07, 6.45) is 4.57. The smallest absolute Gasteiger partial charge is 0.241 e. The van der Waals surface area contributed by atoms with E-state index in [9.17, 15) is 4.79 Å². The maximum absolute atomic E-state index is 11.3. The van der Waals surface area contributed by atoms with Crippen LogP contribution in [0.3, 0.4) is 0 Å². The Bertz CT molecular complexity index is 550. The highest BCUT2D eigenvalue weighted by Crippen LogP contribution is 2.21. The monoisotopic (exact) mass is 272 g/mol. The van der Waals surface area contributed by atoms with Gasteiger partial charge in [-0.3, -0.25) is 9.48 Å². The van der Waals surface area contributed by atoms with Gasteiger partial charge in [-0.25, -0.2) is 0 Å².